The van der Waals surface area contributed by atoms with Crippen LogP contribution in [0, 0.1) is 0 Å². The van der Waals surface area contributed by atoms with Crippen LogP contribution in [0.2, 0.25) is 5.02 Å². The zero-order valence-electron chi connectivity index (χ0n) is 8.59. The van der Waals surface area contributed by atoms with Gasteiger partial charge in [0.2, 0.25) is 5.91 Å². The second-order valence-corrected chi connectivity index (χ2v) is 3.41. The number of amides is 1. The first kappa shape index (κ1) is 11.0. The fourth-order valence-electron chi connectivity index (χ4n) is 1.25. The molecular formula is C9H14ClN3O. The maximum Gasteiger partial charge on any atom is 0.225 e. The van der Waals surface area contributed by atoms with Crippen LogP contribution in [-0.2, 0) is 24.7 Å². The van der Waals surface area contributed by atoms with Gasteiger partial charge in [-0.3, -0.25) is 9.48 Å². The van der Waals surface area contributed by atoms with Crippen molar-refractivity contribution in [3.63, 3.8) is 0 Å². The smallest absolute Gasteiger partial charge is 0.225 e. The molecule has 0 atom stereocenters. The Labute approximate surface area is 88.2 Å². The molecule has 4 nitrogen and oxygen atoms in total. The average Bonchev–Trinajstić information content (AvgIpc) is 2.44. The van der Waals surface area contributed by atoms with Crippen molar-refractivity contribution in [3.8, 4) is 0 Å². The number of hydrogen-bond acceptors (Lipinski definition) is 2. The van der Waals surface area contributed by atoms with E-state index in [-0.39, 0.29) is 12.3 Å². The SMILES string of the molecule is CCc1nn(C)c(CC(=O)NC)c1Cl. The molecule has 0 aliphatic rings. The van der Waals surface area contributed by atoms with Gasteiger partial charge in [-0.25, -0.2) is 0 Å². The van der Waals surface area contributed by atoms with Gasteiger partial charge in [0, 0.05) is 14.1 Å². The lowest BCUT2D eigenvalue weighted by Crippen LogP contribution is -2.21. The van der Waals surface area contributed by atoms with Crippen LogP contribution >= 0.6 is 11.6 Å². The summed E-state index contributed by atoms with van der Waals surface area (Å²) >= 11 is 6.07. The lowest BCUT2D eigenvalue weighted by Gasteiger charge is -2.00. The number of carbonyl (C=O) groups is 1. The van der Waals surface area contributed by atoms with Gasteiger partial charge in [-0.15, -0.1) is 0 Å². The van der Waals surface area contributed by atoms with Gasteiger partial charge in [-0.2, -0.15) is 5.10 Å². The highest BCUT2D eigenvalue weighted by molar-refractivity contribution is 6.32. The van der Waals surface area contributed by atoms with Crippen molar-refractivity contribution in [2.24, 2.45) is 7.05 Å². The van der Waals surface area contributed by atoms with E-state index < -0.39 is 0 Å². The molecule has 0 aromatic carbocycles. The molecule has 0 saturated carbocycles. The predicted molar refractivity (Wildman–Crippen MR) is 55.4 cm³/mol. The van der Waals surface area contributed by atoms with E-state index in [9.17, 15) is 4.79 Å². The van der Waals surface area contributed by atoms with Crippen molar-refractivity contribution in [2.75, 3.05) is 7.05 Å². The summed E-state index contributed by atoms with van der Waals surface area (Å²) in [6, 6.07) is 0. The van der Waals surface area contributed by atoms with Gasteiger partial charge in [0.1, 0.15) is 0 Å². The zero-order valence-corrected chi connectivity index (χ0v) is 9.35. The lowest BCUT2D eigenvalue weighted by atomic mass is 10.2. The number of carbonyl (C=O) groups excluding carboxylic acids is 1. The first-order valence-electron chi connectivity index (χ1n) is 4.51. The second kappa shape index (κ2) is 4.46. The fraction of sp³-hybridized carbons (Fsp3) is 0.556. The molecule has 1 aromatic rings. The number of rotatable bonds is 3. The Morgan fingerprint density at radius 3 is 2.71 bits per heavy atom. The minimum Gasteiger partial charge on any atom is -0.359 e. The summed E-state index contributed by atoms with van der Waals surface area (Å²) in [6.45, 7) is 1.98. The lowest BCUT2D eigenvalue weighted by molar-refractivity contribution is -0.120. The number of nitrogens with zero attached hydrogens (tertiary/aromatic N) is 2. The highest BCUT2D eigenvalue weighted by Gasteiger charge is 2.14. The summed E-state index contributed by atoms with van der Waals surface area (Å²) in [5, 5.41) is 7.39. The van der Waals surface area contributed by atoms with Gasteiger partial charge in [0.15, 0.2) is 0 Å². The third kappa shape index (κ3) is 2.07. The summed E-state index contributed by atoms with van der Waals surface area (Å²) in [7, 11) is 3.40. The molecule has 0 fully saturated rings. The number of hydrogen-bond donors (Lipinski definition) is 1. The van der Waals surface area contributed by atoms with Gasteiger partial charge in [-0.1, -0.05) is 18.5 Å². The molecule has 0 aliphatic carbocycles. The molecule has 0 unspecified atom stereocenters. The first-order valence-corrected chi connectivity index (χ1v) is 4.88. The Bertz CT molecular complexity index is 346. The van der Waals surface area contributed by atoms with Gasteiger partial charge in [0.05, 0.1) is 22.8 Å². The molecule has 78 valence electrons. The Hall–Kier alpha value is -1.03. The van der Waals surface area contributed by atoms with Crippen molar-refractivity contribution in [1.29, 1.82) is 0 Å². The monoisotopic (exact) mass is 215 g/mol. The van der Waals surface area contributed by atoms with Crippen LogP contribution in [0.4, 0.5) is 0 Å². The van der Waals surface area contributed by atoms with E-state index in [1.54, 1.807) is 18.8 Å². The van der Waals surface area contributed by atoms with E-state index in [1.807, 2.05) is 6.92 Å². The third-order valence-electron chi connectivity index (χ3n) is 2.11. The van der Waals surface area contributed by atoms with Crippen molar-refractivity contribution in [2.45, 2.75) is 19.8 Å². The molecule has 1 N–H and O–H groups in total. The minimum absolute atomic E-state index is 0.0578. The molecule has 1 amide bonds. The van der Waals surface area contributed by atoms with E-state index in [0.717, 1.165) is 17.8 Å². The summed E-state index contributed by atoms with van der Waals surface area (Å²) < 4.78 is 1.66. The molecule has 5 heteroatoms. The Balaban J connectivity index is 2.96. The van der Waals surface area contributed by atoms with E-state index in [0.29, 0.717) is 5.02 Å². The fourth-order valence-corrected chi connectivity index (χ4v) is 1.61. The maximum atomic E-state index is 11.2. The normalized spacial score (nSPS) is 10.3. The van der Waals surface area contributed by atoms with Crippen molar-refractivity contribution < 1.29 is 4.79 Å². The Kier molecular flexibility index (Phi) is 3.52. The van der Waals surface area contributed by atoms with Crippen LogP contribution in [0.25, 0.3) is 0 Å². The summed E-state index contributed by atoms with van der Waals surface area (Å²) in [6.07, 6.45) is 1.05. The van der Waals surface area contributed by atoms with Crippen LogP contribution < -0.4 is 5.32 Å². The van der Waals surface area contributed by atoms with Gasteiger partial charge >= 0.3 is 0 Å². The van der Waals surface area contributed by atoms with Crippen LogP contribution in [0.15, 0.2) is 0 Å². The van der Waals surface area contributed by atoms with Crippen molar-refractivity contribution in [1.82, 2.24) is 15.1 Å². The number of aryl methyl sites for hydroxylation is 2. The zero-order chi connectivity index (χ0) is 10.7. The van der Waals surface area contributed by atoms with Crippen LogP contribution in [0.5, 0.6) is 0 Å². The minimum atomic E-state index is -0.0578. The van der Waals surface area contributed by atoms with E-state index in [2.05, 4.69) is 10.4 Å². The van der Waals surface area contributed by atoms with E-state index in [1.165, 1.54) is 0 Å². The molecule has 1 aromatic heterocycles. The van der Waals surface area contributed by atoms with Crippen LogP contribution in [0.1, 0.15) is 18.3 Å². The largest absolute Gasteiger partial charge is 0.359 e. The topological polar surface area (TPSA) is 46.9 Å². The maximum absolute atomic E-state index is 11.2. The summed E-state index contributed by atoms with van der Waals surface area (Å²) in [5.41, 5.74) is 1.61. The molecule has 0 bridgehead atoms. The Morgan fingerprint density at radius 2 is 2.29 bits per heavy atom. The average molecular weight is 216 g/mol. The molecule has 0 aliphatic heterocycles. The molecule has 14 heavy (non-hydrogen) atoms. The predicted octanol–water partition coefficient (Wildman–Crippen LogP) is 0.924. The summed E-state index contributed by atoms with van der Waals surface area (Å²) in [4.78, 5) is 11.2. The van der Waals surface area contributed by atoms with Crippen LogP contribution in [0.3, 0.4) is 0 Å². The second-order valence-electron chi connectivity index (χ2n) is 3.03. The Morgan fingerprint density at radius 1 is 1.64 bits per heavy atom. The molecule has 0 radical (unpaired) electrons. The van der Waals surface area contributed by atoms with E-state index in [4.69, 9.17) is 11.6 Å². The molecule has 0 saturated heterocycles. The highest BCUT2D eigenvalue weighted by atomic mass is 35.5. The molecule has 1 rings (SSSR count). The van der Waals surface area contributed by atoms with Crippen molar-refractivity contribution in [3.05, 3.63) is 16.4 Å². The first-order chi connectivity index (χ1) is 6.60. The molecular weight excluding hydrogens is 202 g/mol. The quantitative estimate of drug-likeness (QED) is 0.816. The van der Waals surface area contributed by atoms with Gasteiger partial charge in [-0.05, 0) is 6.42 Å². The van der Waals surface area contributed by atoms with Gasteiger partial charge in [0.25, 0.3) is 0 Å². The number of nitrogens with one attached hydrogen (secondary N) is 1. The molecule has 0 spiro atoms. The molecule has 1 heterocycles. The van der Waals surface area contributed by atoms with Crippen molar-refractivity contribution >= 4 is 17.5 Å². The third-order valence-corrected chi connectivity index (χ3v) is 2.55. The van der Waals surface area contributed by atoms with Gasteiger partial charge < -0.3 is 5.32 Å². The van der Waals surface area contributed by atoms with E-state index >= 15 is 0 Å². The van der Waals surface area contributed by atoms with Crippen LogP contribution in [-0.4, -0.2) is 22.7 Å². The standard InChI is InChI=1S/C9H14ClN3O/c1-4-6-9(10)7(13(3)12-6)5-8(14)11-2/h4-5H2,1-3H3,(H,11,14). The number of likely N-dealkylation sites (N-methyl/N-ethyl adjacent to an activating group) is 1. The number of halogens is 1. The number of aromatic nitrogens is 2. The highest BCUT2D eigenvalue weighted by Crippen LogP contribution is 2.20. The summed E-state index contributed by atoms with van der Waals surface area (Å²) in [5.74, 6) is -0.0578.